The molecule has 1 heterocycles. The van der Waals surface area contributed by atoms with E-state index in [4.69, 9.17) is 17.3 Å². The van der Waals surface area contributed by atoms with Crippen molar-refractivity contribution in [1.29, 1.82) is 0 Å². The molecule has 4 nitrogen and oxygen atoms in total. The van der Waals surface area contributed by atoms with Crippen LogP contribution in [0, 0.1) is 0 Å². The number of aromatic nitrogens is 1. The van der Waals surface area contributed by atoms with Crippen molar-refractivity contribution in [3.63, 3.8) is 0 Å². The van der Waals surface area contributed by atoms with Crippen molar-refractivity contribution in [2.24, 2.45) is 5.73 Å². The topological polar surface area (TPSA) is 59.2 Å². The van der Waals surface area contributed by atoms with Gasteiger partial charge in [0.15, 0.2) is 0 Å². The Morgan fingerprint density at radius 1 is 1.26 bits per heavy atom. The van der Waals surface area contributed by atoms with Gasteiger partial charge in [-0.3, -0.25) is 9.78 Å². The highest BCUT2D eigenvalue weighted by atomic mass is 35.5. The quantitative estimate of drug-likeness (QED) is 0.897. The predicted molar refractivity (Wildman–Crippen MR) is 93.7 cm³/mol. The summed E-state index contributed by atoms with van der Waals surface area (Å²) >= 11 is 5.92. The Labute approximate surface area is 147 Å². The first kappa shape index (κ1) is 17.7. The Bertz CT molecular complexity index is 672. The summed E-state index contributed by atoms with van der Waals surface area (Å²) in [6, 6.07) is 11.5. The zero-order valence-electron chi connectivity index (χ0n) is 12.6. The molecule has 1 amide bonds. The first-order valence-electron chi connectivity index (χ1n) is 7.38. The zero-order valence-corrected chi connectivity index (χ0v) is 14.2. The van der Waals surface area contributed by atoms with E-state index in [0.29, 0.717) is 29.7 Å². The number of carbonyl (C=O) groups excluding carboxylic acids is 1. The Hall–Kier alpha value is -1.62. The van der Waals surface area contributed by atoms with Crippen molar-refractivity contribution in [1.82, 2.24) is 9.88 Å². The highest BCUT2D eigenvalue weighted by molar-refractivity contribution is 6.30. The number of nitrogens with two attached hydrogens (primary N) is 1. The zero-order chi connectivity index (χ0) is 15.5. The van der Waals surface area contributed by atoms with Crippen LogP contribution >= 0.6 is 24.0 Å². The lowest BCUT2D eigenvalue weighted by Gasteiger charge is -2.23. The van der Waals surface area contributed by atoms with Crippen LogP contribution in [0.3, 0.4) is 0 Å². The largest absolute Gasteiger partial charge is 0.331 e. The molecule has 6 heteroatoms. The Balaban J connectivity index is 0.00000192. The maximum absolute atomic E-state index is 12.8. The first-order valence-corrected chi connectivity index (χ1v) is 7.75. The highest BCUT2D eigenvalue weighted by Gasteiger charge is 2.33. The van der Waals surface area contributed by atoms with E-state index in [1.54, 1.807) is 18.3 Å². The Kier molecular flexibility index (Phi) is 5.99. The van der Waals surface area contributed by atoms with Crippen LogP contribution in [0.1, 0.15) is 34.5 Å². The summed E-state index contributed by atoms with van der Waals surface area (Å²) in [6.45, 7) is 0.933. The summed E-state index contributed by atoms with van der Waals surface area (Å²) < 4.78 is 0. The van der Waals surface area contributed by atoms with E-state index in [9.17, 15) is 4.79 Å². The molecule has 122 valence electrons. The molecule has 2 N–H and O–H groups in total. The van der Waals surface area contributed by atoms with E-state index in [0.717, 1.165) is 24.1 Å². The molecule has 0 aliphatic heterocycles. The number of nitrogens with zero attached hydrogens (tertiary/aromatic N) is 2. The summed E-state index contributed by atoms with van der Waals surface area (Å²) in [7, 11) is 0. The van der Waals surface area contributed by atoms with Crippen LogP contribution in [0.15, 0.2) is 42.6 Å². The van der Waals surface area contributed by atoms with Crippen LogP contribution < -0.4 is 5.73 Å². The summed E-state index contributed by atoms with van der Waals surface area (Å²) in [6.07, 6.45) is 3.77. The van der Waals surface area contributed by atoms with Crippen molar-refractivity contribution >= 4 is 29.9 Å². The monoisotopic (exact) mass is 351 g/mol. The van der Waals surface area contributed by atoms with Crippen molar-refractivity contribution in [2.75, 3.05) is 0 Å². The first-order chi connectivity index (χ1) is 10.7. The Morgan fingerprint density at radius 3 is 2.57 bits per heavy atom. The number of hydrogen-bond donors (Lipinski definition) is 1. The second kappa shape index (κ2) is 7.77. The fraction of sp³-hybridized carbons (Fsp3) is 0.294. The van der Waals surface area contributed by atoms with Gasteiger partial charge in [-0.15, -0.1) is 12.4 Å². The second-order valence-electron chi connectivity index (χ2n) is 5.53. The van der Waals surface area contributed by atoms with Crippen molar-refractivity contribution in [3.05, 3.63) is 64.4 Å². The lowest BCUT2D eigenvalue weighted by molar-refractivity contribution is 0.0729. The third kappa shape index (κ3) is 4.44. The third-order valence-electron chi connectivity index (χ3n) is 3.79. The van der Waals surface area contributed by atoms with Crippen LogP contribution in [0.25, 0.3) is 0 Å². The molecule has 1 saturated carbocycles. The van der Waals surface area contributed by atoms with E-state index >= 15 is 0 Å². The fourth-order valence-electron chi connectivity index (χ4n) is 2.43. The molecule has 1 aliphatic carbocycles. The van der Waals surface area contributed by atoms with Gasteiger partial charge in [0.25, 0.3) is 5.91 Å². The van der Waals surface area contributed by atoms with Crippen molar-refractivity contribution in [3.8, 4) is 0 Å². The van der Waals surface area contributed by atoms with Gasteiger partial charge < -0.3 is 10.6 Å². The van der Waals surface area contributed by atoms with Crippen LogP contribution in [-0.2, 0) is 13.1 Å². The van der Waals surface area contributed by atoms with Gasteiger partial charge in [0, 0.05) is 35.9 Å². The molecular weight excluding hydrogens is 333 g/mol. The van der Waals surface area contributed by atoms with Gasteiger partial charge in [0.1, 0.15) is 0 Å². The average Bonchev–Trinajstić information content (AvgIpc) is 3.38. The minimum absolute atomic E-state index is 0. The smallest absolute Gasteiger partial charge is 0.254 e. The molecule has 3 rings (SSSR count). The lowest BCUT2D eigenvalue weighted by atomic mass is 10.1. The van der Waals surface area contributed by atoms with E-state index in [1.165, 1.54) is 0 Å². The van der Waals surface area contributed by atoms with E-state index < -0.39 is 0 Å². The highest BCUT2D eigenvalue weighted by Crippen LogP contribution is 2.30. The molecule has 0 spiro atoms. The van der Waals surface area contributed by atoms with Gasteiger partial charge in [-0.05, 0) is 42.7 Å². The van der Waals surface area contributed by atoms with Gasteiger partial charge in [-0.2, -0.15) is 0 Å². The van der Waals surface area contributed by atoms with Gasteiger partial charge >= 0.3 is 0 Å². The SMILES string of the molecule is Cl.NCc1cc(C(=O)N(Cc2ccc(Cl)cc2)C2CC2)ccn1. The molecule has 0 bridgehead atoms. The fourth-order valence-corrected chi connectivity index (χ4v) is 2.55. The van der Waals surface area contributed by atoms with Crippen molar-refractivity contribution in [2.45, 2.75) is 32.0 Å². The minimum atomic E-state index is 0. The molecule has 1 aromatic carbocycles. The number of carbonyl (C=O) groups is 1. The van der Waals surface area contributed by atoms with Gasteiger partial charge in [0.05, 0.1) is 5.69 Å². The number of halogens is 2. The summed E-state index contributed by atoms with van der Waals surface area (Å²) in [5, 5.41) is 0.703. The standard InChI is InChI=1S/C17H18ClN3O.ClH/c18-14-3-1-12(2-4-14)11-21(16-5-6-16)17(22)13-7-8-20-15(9-13)10-19;/h1-4,7-9,16H,5-6,10-11,19H2;1H. The molecule has 1 aromatic heterocycles. The van der Waals surface area contributed by atoms with Crippen LogP contribution in [0.4, 0.5) is 0 Å². The van der Waals surface area contributed by atoms with Gasteiger partial charge in [-0.1, -0.05) is 23.7 Å². The number of pyridine rings is 1. The van der Waals surface area contributed by atoms with Crippen molar-refractivity contribution < 1.29 is 4.79 Å². The molecule has 1 fully saturated rings. The molecule has 1 aliphatic rings. The Morgan fingerprint density at radius 2 is 1.96 bits per heavy atom. The maximum Gasteiger partial charge on any atom is 0.254 e. The minimum Gasteiger partial charge on any atom is -0.331 e. The van der Waals surface area contributed by atoms with Gasteiger partial charge in [-0.25, -0.2) is 0 Å². The number of hydrogen-bond acceptors (Lipinski definition) is 3. The number of rotatable bonds is 5. The van der Waals surface area contributed by atoms with E-state index in [2.05, 4.69) is 4.98 Å². The van der Waals surface area contributed by atoms with Crippen LogP contribution in [0.2, 0.25) is 5.02 Å². The van der Waals surface area contributed by atoms with Crippen LogP contribution in [-0.4, -0.2) is 21.8 Å². The van der Waals surface area contributed by atoms with E-state index in [1.807, 2.05) is 29.2 Å². The average molecular weight is 352 g/mol. The molecule has 0 unspecified atom stereocenters. The predicted octanol–water partition coefficient (Wildman–Crippen LogP) is 3.42. The van der Waals surface area contributed by atoms with E-state index in [-0.39, 0.29) is 18.3 Å². The molecule has 2 aromatic rings. The van der Waals surface area contributed by atoms with Gasteiger partial charge in [0.2, 0.25) is 0 Å². The molecule has 0 radical (unpaired) electrons. The lowest BCUT2D eigenvalue weighted by Crippen LogP contribution is -2.32. The third-order valence-corrected chi connectivity index (χ3v) is 4.04. The number of benzene rings is 1. The summed E-state index contributed by atoms with van der Waals surface area (Å²) in [4.78, 5) is 18.9. The van der Waals surface area contributed by atoms with Crippen LogP contribution in [0.5, 0.6) is 0 Å². The normalized spacial score (nSPS) is 13.3. The number of amides is 1. The summed E-state index contributed by atoms with van der Waals surface area (Å²) in [5.41, 5.74) is 8.07. The molecule has 0 atom stereocenters. The second-order valence-corrected chi connectivity index (χ2v) is 5.97. The molecule has 0 saturated heterocycles. The molecule has 23 heavy (non-hydrogen) atoms. The maximum atomic E-state index is 12.8. The summed E-state index contributed by atoms with van der Waals surface area (Å²) in [5.74, 6) is 0.0366. The molecular formula is C17H19Cl2N3O.